The Morgan fingerprint density at radius 1 is 1.50 bits per heavy atom. The van der Waals surface area contributed by atoms with Crippen LogP contribution in [-0.4, -0.2) is 12.6 Å². The second-order valence-electron chi connectivity index (χ2n) is 2.34. The van der Waals surface area contributed by atoms with Gasteiger partial charge in [0.25, 0.3) is 0 Å². The van der Waals surface area contributed by atoms with Crippen LogP contribution in [0.4, 0.5) is 5.69 Å². The van der Waals surface area contributed by atoms with Gasteiger partial charge in [-0.15, -0.1) is 0 Å². The van der Waals surface area contributed by atoms with Crippen molar-refractivity contribution in [3.05, 3.63) is 34.8 Å². The molecule has 74 valence electrons. The zero-order valence-electron chi connectivity index (χ0n) is 7.61. The van der Waals surface area contributed by atoms with E-state index in [0.717, 1.165) is 0 Å². The standard InChI is InChI=1S/C9H9N2O2.ClH/c1-2-13-9(12)7-5-3-4-6-8(7)11-10;/h3-6H,2H2,1H3;1H/q+1;/p-1. The van der Waals surface area contributed by atoms with E-state index < -0.39 is 5.97 Å². The number of rotatable bonds is 2. The van der Waals surface area contributed by atoms with Crippen molar-refractivity contribution >= 4 is 11.7 Å². The summed E-state index contributed by atoms with van der Waals surface area (Å²) >= 11 is 0. The smallest absolute Gasteiger partial charge is 0.399 e. The van der Waals surface area contributed by atoms with Gasteiger partial charge in [-0.25, -0.2) is 4.79 Å². The predicted octanol–water partition coefficient (Wildman–Crippen LogP) is -0.648. The van der Waals surface area contributed by atoms with E-state index in [2.05, 4.69) is 4.98 Å². The maximum Gasteiger partial charge on any atom is 0.399 e. The first-order valence-corrected chi connectivity index (χ1v) is 3.90. The summed E-state index contributed by atoms with van der Waals surface area (Å²) in [5.41, 5.74) is 0.493. The summed E-state index contributed by atoms with van der Waals surface area (Å²) in [6.07, 6.45) is 0. The third kappa shape index (κ3) is 2.71. The Labute approximate surface area is 87.9 Å². The average molecular weight is 213 g/mol. The minimum absolute atomic E-state index is 0. The molecule has 1 aromatic carbocycles. The molecule has 0 heterocycles. The minimum Gasteiger partial charge on any atom is -1.00 e. The molecule has 0 aromatic heterocycles. The van der Waals surface area contributed by atoms with Gasteiger partial charge in [-0.2, -0.15) is 0 Å². The first-order chi connectivity index (χ1) is 6.29. The fourth-order valence-corrected chi connectivity index (χ4v) is 0.942. The van der Waals surface area contributed by atoms with Crippen LogP contribution in [0.3, 0.4) is 0 Å². The van der Waals surface area contributed by atoms with Crippen molar-refractivity contribution < 1.29 is 21.9 Å². The molecule has 0 saturated carbocycles. The molecule has 14 heavy (non-hydrogen) atoms. The number of hydrogen-bond donors (Lipinski definition) is 0. The van der Waals surface area contributed by atoms with Crippen molar-refractivity contribution in [2.45, 2.75) is 6.92 Å². The van der Waals surface area contributed by atoms with Crippen LogP contribution in [-0.2, 0) is 4.74 Å². The second-order valence-corrected chi connectivity index (χ2v) is 2.34. The van der Waals surface area contributed by atoms with Gasteiger partial charge in [0.1, 0.15) is 0 Å². The summed E-state index contributed by atoms with van der Waals surface area (Å²) < 4.78 is 4.76. The topological polar surface area (TPSA) is 54.5 Å². The van der Waals surface area contributed by atoms with E-state index in [1.165, 1.54) is 6.07 Å². The third-order valence-corrected chi connectivity index (χ3v) is 1.51. The Balaban J connectivity index is 0.00000169. The molecule has 0 aliphatic carbocycles. The van der Waals surface area contributed by atoms with Gasteiger partial charge in [-0.05, 0) is 13.0 Å². The van der Waals surface area contributed by atoms with Crippen molar-refractivity contribution in [3.63, 3.8) is 0 Å². The highest BCUT2D eigenvalue weighted by atomic mass is 35.5. The number of esters is 1. The van der Waals surface area contributed by atoms with Crippen molar-refractivity contribution in [1.82, 2.24) is 0 Å². The van der Waals surface area contributed by atoms with E-state index in [1.807, 2.05) is 0 Å². The molecule has 0 N–H and O–H groups in total. The molecule has 0 saturated heterocycles. The van der Waals surface area contributed by atoms with Crippen LogP contribution in [0.5, 0.6) is 0 Å². The molecule has 0 aliphatic heterocycles. The van der Waals surface area contributed by atoms with Gasteiger partial charge < -0.3 is 17.1 Å². The van der Waals surface area contributed by atoms with E-state index in [9.17, 15) is 4.79 Å². The predicted molar refractivity (Wildman–Crippen MR) is 47.1 cm³/mol. The number of nitrogens with zero attached hydrogens (tertiary/aromatic N) is 2. The molecular weight excluding hydrogens is 204 g/mol. The molecule has 1 rings (SSSR count). The van der Waals surface area contributed by atoms with Crippen LogP contribution in [0.25, 0.3) is 4.98 Å². The zero-order valence-corrected chi connectivity index (χ0v) is 8.36. The van der Waals surface area contributed by atoms with E-state index in [-0.39, 0.29) is 23.7 Å². The molecule has 1 aromatic rings. The second kappa shape index (κ2) is 5.95. The van der Waals surface area contributed by atoms with Crippen LogP contribution in [0, 0.1) is 5.39 Å². The highest BCUT2D eigenvalue weighted by Gasteiger charge is 2.19. The first-order valence-electron chi connectivity index (χ1n) is 3.90. The maximum atomic E-state index is 11.2. The summed E-state index contributed by atoms with van der Waals surface area (Å²) in [6, 6.07) is 6.44. The third-order valence-electron chi connectivity index (χ3n) is 1.51. The lowest BCUT2D eigenvalue weighted by molar-refractivity contribution is -0.0000211. The number of diazo groups is 1. The lowest BCUT2D eigenvalue weighted by atomic mass is 10.2. The van der Waals surface area contributed by atoms with E-state index in [4.69, 9.17) is 10.1 Å². The molecule has 0 fully saturated rings. The normalized spacial score (nSPS) is 8.29. The van der Waals surface area contributed by atoms with Gasteiger partial charge in [0, 0.05) is 6.07 Å². The Kier molecular flexibility index (Phi) is 5.27. The maximum absolute atomic E-state index is 11.2. The number of hydrogen-bond acceptors (Lipinski definition) is 3. The van der Waals surface area contributed by atoms with Crippen LogP contribution in [0.15, 0.2) is 24.3 Å². The fourth-order valence-electron chi connectivity index (χ4n) is 0.942. The lowest BCUT2D eigenvalue weighted by Crippen LogP contribution is -3.00. The molecule has 0 atom stereocenters. The SMILES string of the molecule is CCOC(=O)c1ccccc1[N+]#N.[Cl-]. The average Bonchev–Trinajstić information content (AvgIpc) is 2.18. The van der Waals surface area contributed by atoms with Gasteiger partial charge in [-0.1, -0.05) is 12.1 Å². The molecule has 0 unspecified atom stereocenters. The quantitative estimate of drug-likeness (QED) is 0.484. The molecule has 0 aliphatic rings. The van der Waals surface area contributed by atoms with Crippen molar-refractivity contribution in [1.29, 1.82) is 5.39 Å². The van der Waals surface area contributed by atoms with Gasteiger partial charge in [0.15, 0.2) is 10.5 Å². The van der Waals surface area contributed by atoms with Crippen LogP contribution >= 0.6 is 0 Å². The molecule has 0 spiro atoms. The van der Waals surface area contributed by atoms with Crippen LogP contribution in [0.1, 0.15) is 17.3 Å². The van der Waals surface area contributed by atoms with Crippen LogP contribution < -0.4 is 12.4 Å². The molecule has 0 radical (unpaired) electrons. The number of ether oxygens (including phenoxy) is 1. The highest BCUT2D eigenvalue weighted by Crippen LogP contribution is 2.18. The molecule has 5 heteroatoms. The van der Waals surface area contributed by atoms with Gasteiger partial charge in [0.05, 0.1) is 6.61 Å². The molecule has 0 bridgehead atoms. The molecule has 0 amide bonds. The number of benzene rings is 1. The first kappa shape index (κ1) is 12.4. The Bertz CT molecular complexity index is 360. The largest absolute Gasteiger partial charge is 1.00 e. The van der Waals surface area contributed by atoms with Gasteiger partial charge >= 0.3 is 11.7 Å². The fraction of sp³-hybridized carbons (Fsp3) is 0.222. The Morgan fingerprint density at radius 2 is 2.14 bits per heavy atom. The monoisotopic (exact) mass is 212 g/mol. The van der Waals surface area contributed by atoms with Crippen LogP contribution in [0.2, 0.25) is 0 Å². The summed E-state index contributed by atoms with van der Waals surface area (Å²) in [7, 11) is 0. The molecular formula is C9H9ClN2O2. The van der Waals surface area contributed by atoms with Gasteiger partial charge in [-0.3, -0.25) is 0 Å². The zero-order chi connectivity index (χ0) is 9.68. The number of halogens is 1. The van der Waals surface area contributed by atoms with E-state index in [1.54, 1.807) is 25.1 Å². The highest BCUT2D eigenvalue weighted by molar-refractivity contribution is 5.95. The van der Waals surface area contributed by atoms with Crippen molar-refractivity contribution in [2.75, 3.05) is 6.61 Å². The van der Waals surface area contributed by atoms with Gasteiger partial charge in [0.2, 0.25) is 5.39 Å². The summed E-state index contributed by atoms with van der Waals surface area (Å²) in [5, 5.41) is 8.55. The summed E-state index contributed by atoms with van der Waals surface area (Å²) in [5.74, 6) is -0.476. The van der Waals surface area contributed by atoms with Crippen molar-refractivity contribution in [2.24, 2.45) is 0 Å². The Morgan fingerprint density at radius 3 is 2.71 bits per heavy atom. The summed E-state index contributed by atoms with van der Waals surface area (Å²) in [6.45, 7) is 2.02. The minimum atomic E-state index is -0.476. The van der Waals surface area contributed by atoms with E-state index >= 15 is 0 Å². The lowest BCUT2D eigenvalue weighted by Gasteiger charge is -1.97. The molecule has 4 nitrogen and oxygen atoms in total. The van der Waals surface area contributed by atoms with Crippen molar-refractivity contribution in [3.8, 4) is 0 Å². The number of carbonyl (C=O) groups excluding carboxylic acids is 1. The Hall–Kier alpha value is -1.60. The number of carbonyl (C=O) groups is 1. The summed E-state index contributed by atoms with van der Waals surface area (Å²) in [4.78, 5) is 14.2. The van der Waals surface area contributed by atoms with E-state index in [0.29, 0.717) is 6.61 Å².